The Bertz CT molecular complexity index is 1270. The molecule has 2 atom stereocenters. The van der Waals surface area contributed by atoms with Crippen LogP contribution in [0.25, 0.3) is 0 Å². The molecule has 17 heteroatoms. The summed E-state index contributed by atoms with van der Waals surface area (Å²) in [6.45, 7) is 0. The van der Waals surface area contributed by atoms with E-state index in [0.29, 0.717) is 10.7 Å². The van der Waals surface area contributed by atoms with Crippen molar-refractivity contribution in [1.82, 2.24) is 30.4 Å². The molecule has 36 heavy (non-hydrogen) atoms. The Morgan fingerprint density at radius 3 is 2.78 bits per heavy atom. The van der Waals surface area contributed by atoms with Crippen LogP contribution in [0.5, 0.6) is 11.5 Å². The van der Waals surface area contributed by atoms with E-state index in [1.54, 1.807) is 7.05 Å². The van der Waals surface area contributed by atoms with Crippen molar-refractivity contribution in [3.8, 4) is 11.5 Å². The Morgan fingerprint density at radius 2 is 2.17 bits per heavy atom. The largest absolute Gasteiger partial charge is 1.00 e. The summed E-state index contributed by atoms with van der Waals surface area (Å²) in [5, 5.41) is 47.4. The number of carbonyl (C=O) groups is 3. The maximum atomic E-state index is 12.8. The molecule has 2 amide bonds. The number of thioether (sulfide) groups is 2. The molecule has 0 saturated carbocycles. The summed E-state index contributed by atoms with van der Waals surface area (Å²) in [6, 6.07) is 2.84. The van der Waals surface area contributed by atoms with E-state index in [2.05, 4.69) is 26.0 Å². The second-order valence-corrected chi connectivity index (χ2v) is 9.36. The average Bonchev–Trinajstić information content (AvgIpc) is 3.26. The molecule has 1 fully saturated rings. The smallest absolute Gasteiger partial charge is 0.543 e. The number of nitrogens with zero attached hydrogens (tertiary/aromatic N) is 6. The molecule has 1 aromatic carbocycles. The Labute approximate surface area is 234 Å². The molecule has 2 aromatic rings. The summed E-state index contributed by atoms with van der Waals surface area (Å²) in [5.41, 5.74) is -0.0646. The van der Waals surface area contributed by atoms with Gasteiger partial charge in [0.1, 0.15) is 11.4 Å². The molecule has 0 spiro atoms. The van der Waals surface area contributed by atoms with E-state index in [0.717, 1.165) is 4.90 Å². The molecule has 0 aliphatic carbocycles. The third-order valence-corrected chi connectivity index (χ3v) is 7.69. The number of carboxylic acids is 1. The van der Waals surface area contributed by atoms with Crippen molar-refractivity contribution < 1.29 is 64.1 Å². The van der Waals surface area contributed by atoms with E-state index in [9.17, 15) is 29.8 Å². The van der Waals surface area contributed by atoms with Crippen LogP contribution in [0.4, 0.5) is 0 Å². The fourth-order valence-electron chi connectivity index (χ4n) is 3.55. The van der Waals surface area contributed by atoms with Crippen LogP contribution >= 0.6 is 23.5 Å². The Hall–Kier alpha value is -2.79. The Kier molecular flexibility index (Phi) is 8.89. The van der Waals surface area contributed by atoms with Gasteiger partial charge in [-0.3, -0.25) is 14.5 Å². The number of phenolic OH excluding ortho intramolecular Hbond substituents is 1. The van der Waals surface area contributed by atoms with Crippen molar-refractivity contribution in [1.29, 1.82) is 0 Å². The molecule has 3 N–H and O–H groups in total. The molecule has 2 aliphatic rings. The van der Waals surface area contributed by atoms with Gasteiger partial charge in [-0.15, -0.1) is 16.9 Å². The summed E-state index contributed by atoms with van der Waals surface area (Å²) >= 11 is 2.49. The number of benzene rings is 1. The van der Waals surface area contributed by atoms with Gasteiger partial charge in [-0.1, -0.05) is 16.9 Å². The quantitative estimate of drug-likeness (QED) is 0.0720. The van der Waals surface area contributed by atoms with Crippen molar-refractivity contribution in [2.75, 3.05) is 18.6 Å². The van der Waals surface area contributed by atoms with Gasteiger partial charge in [0.2, 0.25) is 5.16 Å². The average molecular weight is 544 g/mol. The number of aryl methyl sites for hydroxylation is 1. The molecule has 1 aromatic heterocycles. The van der Waals surface area contributed by atoms with Crippen LogP contribution in [0, 0.1) is 0 Å². The number of tetrazole rings is 1. The topological polar surface area (TPSA) is 195 Å². The maximum absolute atomic E-state index is 12.8. The zero-order valence-electron chi connectivity index (χ0n) is 19.2. The van der Waals surface area contributed by atoms with E-state index in [-0.39, 0.29) is 63.8 Å². The molecule has 184 valence electrons. The number of hydrogen-bond acceptors (Lipinski definition) is 13. The molecule has 0 bridgehead atoms. The molecule has 0 radical (unpaired) electrons. The van der Waals surface area contributed by atoms with Gasteiger partial charge in [0.15, 0.2) is 17.2 Å². The van der Waals surface area contributed by atoms with Gasteiger partial charge in [0, 0.05) is 24.1 Å². The number of carboxylic acid groups (broad SMARTS) is 1. The molecule has 14 nitrogen and oxygen atoms in total. The SMILES string of the molecule is COc1cc(/C(=N\O)C(=O)NC2C(=O)N3C(C(=O)[O-])=C(CSc4nnnn4C)CS[C@H]23)ccc1O.[Na+]. The maximum Gasteiger partial charge on any atom is 1.00 e. The molecule has 4 rings (SSSR count). The standard InChI is InChI=1S/C19H19N7O7S2.Na/c1-25-19(21-23-24-25)35-7-9-6-34-17-13(16(29)26(17)14(9)18(30)31)20-15(28)12(22-32)8-3-4-10(27)11(5-8)33-2;/h3-5,13,17,27,32H,6-7H2,1-2H3,(H,20,28)(H,30,31);/q;+1/p-1/b22-12+;/t13?,17-;/m1./s1. The summed E-state index contributed by atoms with van der Waals surface area (Å²) in [4.78, 5) is 38.6. The predicted octanol–water partition coefficient (Wildman–Crippen LogP) is -4.70. The van der Waals surface area contributed by atoms with Crippen molar-refractivity contribution in [2.45, 2.75) is 16.6 Å². The normalized spacial score (nSPS) is 19.2. The van der Waals surface area contributed by atoms with Crippen molar-refractivity contribution in [2.24, 2.45) is 12.2 Å². The van der Waals surface area contributed by atoms with Gasteiger partial charge in [-0.05, 0) is 34.2 Å². The van der Waals surface area contributed by atoms with E-state index in [4.69, 9.17) is 4.74 Å². The number of methoxy groups -OCH3 is 1. The zero-order valence-corrected chi connectivity index (χ0v) is 22.9. The number of aliphatic carboxylic acids is 1. The van der Waals surface area contributed by atoms with Crippen LogP contribution in [0.2, 0.25) is 0 Å². The predicted molar refractivity (Wildman–Crippen MR) is 120 cm³/mol. The molecular formula is C19H18N7NaO7S2. The van der Waals surface area contributed by atoms with Gasteiger partial charge in [0.25, 0.3) is 11.8 Å². The Morgan fingerprint density at radius 1 is 1.42 bits per heavy atom. The third kappa shape index (κ3) is 5.17. The van der Waals surface area contributed by atoms with Crippen LogP contribution in [0.1, 0.15) is 5.56 Å². The minimum Gasteiger partial charge on any atom is -0.543 e. The van der Waals surface area contributed by atoms with Crippen molar-refractivity contribution in [3.05, 3.63) is 35.0 Å². The fraction of sp³-hybridized carbons (Fsp3) is 0.316. The molecule has 1 unspecified atom stereocenters. The van der Waals surface area contributed by atoms with E-state index < -0.39 is 34.9 Å². The third-order valence-electron chi connectivity index (χ3n) is 5.25. The van der Waals surface area contributed by atoms with Gasteiger partial charge in [-0.2, -0.15) is 0 Å². The number of rotatable bonds is 8. The number of fused-ring (bicyclic) bond motifs is 1. The summed E-state index contributed by atoms with van der Waals surface area (Å²) in [6.07, 6.45) is 0. The number of phenols is 1. The first-order valence-electron chi connectivity index (χ1n) is 9.90. The number of carbonyl (C=O) groups excluding carboxylic acids is 3. The molecular weight excluding hydrogens is 525 g/mol. The number of oxime groups is 1. The zero-order chi connectivity index (χ0) is 25.3. The van der Waals surface area contributed by atoms with Crippen LogP contribution in [-0.4, -0.2) is 88.9 Å². The van der Waals surface area contributed by atoms with E-state index >= 15 is 0 Å². The minimum absolute atomic E-state index is 0. The first-order valence-corrected chi connectivity index (χ1v) is 11.9. The van der Waals surface area contributed by atoms with Crippen LogP contribution in [0.3, 0.4) is 0 Å². The first-order chi connectivity index (χ1) is 16.8. The van der Waals surface area contributed by atoms with Crippen molar-refractivity contribution >= 4 is 47.0 Å². The second-order valence-electron chi connectivity index (χ2n) is 7.31. The summed E-state index contributed by atoms with van der Waals surface area (Å²) in [5.74, 6) is -2.64. The number of nitrogens with one attached hydrogen (secondary N) is 1. The number of aromatic nitrogens is 4. The monoisotopic (exact) mass is 543 g/mol. The van der Waals surface area contributed by atoms with Crippen LogP contribution in [0.15, 0.2) is 39.8 Å². The van der Waals surface area contributed by atoms with Crippen LogP contribution < -0.4 is 44.7 Å². The van der Waals surface area contributed by atoms with Crippen LogP contribution in [-0.2, 0) is 21.4 Å². The fourth-order valence-corrected chi connectivity index (χ4v) is 5.88. The first kappa shape index (κ1) is 27.8. The molecule has 1 saturated heterocycles. The van der Waals surface area contributed by atoms with E-state index in [1.165, 1.54) is 53.5 Å². The molecule has 2 aliphatic heterocycles. The van der Waals surface area contributed by atoms with Gasteiger partial charge >= 0.3 is 29.6 Å². The summed E-state index contributed by atoms with van der Waals surface area (Å²) < 4.78 is 6.43. The van der Waals surface area contributed by atoms with E-state index in [1.807, 2.05) is 0 Å². The van der Waals surface area contributed by atoms with Gasteiger partial charge < -0.3 is 30.3 Å². The van der Waals surface area contributed by atoms with Gasteiger partial charge in [-0.25, -0.2) is 4.68 Å². The minimum atomic E-state index is -1.51. The molecule has 3 heterocycles. The number of ether oxygens (including phenoxy) is 1. The number of β-lactam (4-membered cyclic amide) rings is 1. The van der Waals surface area contributed by atoms with Gasteiger partial charge in [0.05, 0.1) is 18.8 Å². The number of aromatic hydroxyl groups is 1. The second kappa shape index (κ2) is 11.5. The summed E-state index contributed by atoms with van der Waals surface area (Å²) in [7, 11) is 2.96. The number of hydrogen-bond donors (Lipinski definition) is 3. The Balaban J connectivity index is 0.00000361. The van der Waals surface area contributed by atoms with Crippen molar-refractivity contribution in [3.63, 3.8) is 0 Å². The number of amides is 2.